The second-order valence-corrected chi connectivity index (χ2v) is 7.14. The van der Waals surface area contributed by atoms with Crippen molar-refractivity contribution in [1.29, 1.82) is 5.26 Å². The summed E-state index contributed by atoms with van der Waals surface area (Å²) in [4.78, 5) is 20.3. The molecule has 30 heavy (non-hydrogen) atoms. The molecule has 0 aliphatic carbocycles. The SMILES string of the molecule is C[n+]1[nH]oc(=O)c1-c1c(C#N)c(N)nc2sc(C([O-])=Nc3ccccc3F)c(N)c12. The lowest BCUT2D eigenvalue weighted by molar-refractivity contribution is -0.730. The molecule has 0 aliphatic rings. The number of H-pyrrole nitrogens is 1. The first-order valence-electron chi connectivity index (χ1n) is 8.33. The molecule has 0 spiro atoms. The lowest BCUT2D eigenvalue weighted by Gasteiger charge is -2.10. The number of pyridine rings is 1. The Balaban J connectivity index is 2.05. The van der Waals surface area contributed by atoms with Gasteiger partial charge in [-0.05, 0) is 17.4 Å². The molecule has 0 saturated heterocycles. The Kier molecular flexibility index (Phi) is 4.44. The molecule has 0 fully saturated rings. The van der Waals surface area contributed by atoms with Crippen LogP contribution in [0, 0.1) is 17.1 Å². The van der Waals surface area contributed by atoms with E-state index in [4.69, 9.17) is 16.0 Å². The largest absolute Gasteiger partial charge is 0.858 e. The molecule has 4 rings (SSSR count). The van der Waals surface area contributed by atoms with Gasteiger partial charge in [0.25, 0.3) is 0 Å². The number of aromatic nitrogens is 3. The Labute approximate surface area is 171 Å². The summed E-state index contributed by atoms with van der Waals surface area (Å²) in [7, 11) is 1.49. The molecule has 0 aliphatic heterocycles. The van der Waals surface area contributed by atoms with Crippen LogP contribution in [-0.2, 0) is 7.05 Å². The van der Waals surface area contributed by atoms with Gasteiger partial charge in [-0.25, -0.2) is 14.2 Å². The van der Waals surface area contributed by atoms with Crippen LogP contribution in [0.3, 0.4) is 0 Å². The number of nitriles is 1. The van der Waals surface area contributed by atoms with Crippen LogP contribution in [-0.4, -0.2) is 16.2 Å². The third-order valence-electron chi connectivity index (χ3n) is 4.33. The molecular weight excluding hydrogens is 413 g/mol. The highest BCUT2D eigenvalue weighted by Crippen LogP contribution is 2.41. The number of nitrogens with one attached hydrogen (secondary N) is 1. The van der Waals surface area contributed by atoms with Crippen LogP contribution >= 0.6 is 11.3 Å². The number of hydrogen-bond donors (Lipinski definition) is 3. The smallest absolute Gasteiger partial charge is 0.435 e. The number of rotatable bonds is 3. The summed E-state index contributed by atoms with van der Waals surface area (Å²) in [6.45, 7) is 0. The number of aromatic amines is 1. The quantitative estimate of drug-likeness (QED) is 0.246. The number of aryl methyl sites for hydroxylation is 1. The Morgan fingerprint density at radius 2 is 2.17 bits per heavy atom. The van der Waals surface area contributed by atoms with Crippen molar-refractivity contribution in [1.82, 2.24) is 10.3 Å². The molecule has 5 N–H and O–H groups in total. The summed E-state index contributed by atoms with van der Waals surface area (Å²) in [5, 5.41) is 24.8. The van der Waals surface area contributed by atoms with Crippen LogP contribution in [0.1, 0.15) is 10.4 Å². The first-order chi connectivity index (χ1) is 14.3. The minimum atomic E-state index is -0.797. The van der Waals surface area contributed by atoms with Crippen LogP contribution in [0.5, 0.6) is 0 Å². The molecule has 0 bridgehead atoms. The lowest BCUT2D eigenvalue weighted by Crippen LogP contribution is -2.34. The molecule has 0 atom stereocenters. The van der Waals surface area contributed by atoms with Crippen LogP contribution in [0.2, 0.25) is 0 Å². The van der Waals surface area contributed by atoms with Crippen molar-refractivity contribution in [3.63, 3.8) is 0 Å². The summed E-state index contributed by atoms with van der Waals surface area (Å²) in [6.07, 6.45) is 0. The van der Waals surface area contributed by atoms with E-state index < -0.39 is 17.3 Å². The molecular formula is C18H12FN7O3S. The molecule has 1 aromatic carbocycles. The number of para-hydroxylation sites is 1. The van der Waals surface area contributed by atoms with Crippen LogP contribution < -0.4 is 26.9 Å². The lowest BCUT2D eigenvalue weighted by atomic mass is 10.0. The molecule has 0 saturated carbocycles. The van der Waals surface area contributed by atoms with Gasteiger partial charge in [-0.2, -0.15) is 5.26 Å². The molecule has 0 amide bonds. The van der Waals surface area contributed by atoms with Gasteiger partial charge in [0.05, 0.1) is 27.2 Å². The van der Waals surface area contributed by atoms with E-state index >= 15 is 0 Å². The molecule has 3 heterocycles. The summed E-state index contributed by atoms with van der Waals surface area (Å²) < 4.78 is 19.9. The minimum Gasteiger partial charge on any atom is -0.858 e. The number of halogens is 1. The van der Waals surface area contributed by atoms with Gasteiger partial charge < -0.3 is 16.6 Å². The number of hydrogen-bond acceptors (Lipinski definition) is 9. The third kappa shape index (κ3) is 2.85. The molecule has 0 radical (unpaired) electrons. The Morgan fingerprint density at radius 1 is 1.43 bits per heavy atom. The van der Waals surface area contributed by atoms with E-state index in [1.54, 1.807) is 0 Å². The van der Waals surface area contributed by atoms with Gasteiger partial charge in [-0.1, -0.05) is 16.8 Å². The number of aliphatic imine (C=N–C) groups is 1. The highest BCUT2D eigenvalue weighted by Gasteiger charge is 2.31. The number of nitrogen functional groups attached to an aromatic ring is 2. The van der Waals surface area contributed by atoms with Crippen molar-refractivity contribution in [3.05, 3.63) is 50.9 Å². The summed E-state index contributed by atoms with van der Waals surface area (Å²) in [6, 6.07) is 7.43. The predicted octanol–water partition coefficient (Wildman–Crippen LogP) is 0.683. The fourth-order valence-corrected chi connectivity index (χ4v) is 3.99. The zero-order chi connectivity index (χ0) is 21.6. The summed E-state index contributed by atoms with van der Waals surface area (Å²) >= 11 is 0.870. The van der Waals surface area contributed by atoms with E-state index in [2.05, 4.69) is 15.2 Å². The first-order valence-corrected chi connectivity index (χ1v) is 9.15. The minimum absolute atomic E-state index is 0.0276. The van der Waals surface area contributed by atoms with Crippen molar-refractivity contribution < 1.29 is 18.7 Å². The maximum absolute atomic E-state index is 13.9. The number of nitrogens with zero attached hydrogens (tertiary/aromatic N) is 4. The molecule has 10 nitrogen and oxygen atoms in total. The van der Waals surface area contributed by atoms with Gasteiger partial charge in [0.15, 0.2) is 7.05 Å². The standard InChI is InChI=1S/C18H12FN7O3S/c1-26-13(18(28)29-25-26)10-7(6-20)15(22)24-17-11(10)12(21)14(30-17)16(27)23-9-5-3-2-4-8(9)19/h2-5H,1H3,(H5-,21,22,23,24,25,27,28). The van der Waals surface area contributed by atoms with Crippen molar-refractivity contribution in [2.75, 3.05) is 11.5 Å². The molecule has 150 valence electrons. The fourth-order valence-electron chi connectivity index (χ4n) is 2.99. The maximum Gasteiger partial charge on any atom is 0.435 e. The van der Waals surface area contributed by atoms with E-state index in [1.807, 2.05) is 6.07 Å². The van der Waals surface area contributed by atoms with Crippen LogP contribution in [0.25, 0.3) is 21.5 Å². The second kappa shape index (κ2) is 6.98. The number of thiophene rings is 1. The van der Waals surface area contributed by atoms with Gasteiger partial charge in [0.1, 0.15) is 28.1 Å². The van der Waals surface area contributed by atoms with E-state index in [9.17, 15) is 19.6 Å². The fraction of sp³-hybridized carbons (Fsp3) is 0.0556. The van der Waals surface area contributed by atoms with Crippen molar-refractivity contribution in [3.8, 4) is 17.3 Å². The topological polar surface area (TPSA) is 174 Å². The second-order valence-electron chi connectivity index (χ2n) is 6.14. The third-order valence-corrected chi connectivity index (χ3v) is 5.41. The number of anilines is 2. The Morgan fingerprint density at radius 3 is 2.80 bits per heavy atom. The Bertz CT molecular complexity index is 1440. The van der Waals surface area contributed by atoms with Gasteiger partial charge >= 0.3 is 11.3 Å². The zero-order valence-corrected chi connectivity index (χ0v) is 16.1. The highest BCUT2D eigenvalue weighted by molar-refractivity contribution is 7.21. The van der Waals surface area contributed by atoms with E-state index in [1.165, 1.54) is 36.0 Å². The van der Waals surface area contributed by atoms with E-state index in [0.29, 0.717) is 0 Å². The monoisotopic (exact) mass is 425 g/mol. The van der Waals surface area contributed by atoms with Crippen LogP contribution in [0.15, 0.2) is 38.6 Å². The van der Waals surface area contributed by atoms with Gasteiger partial charge in [0.2, 0.25) is 0 Å². The summed E-state index contributed by atoms with van der Waals surface area (Å²) in [5.41, 5.74) is 11.1. The maximum atomic E-state index is 13.9. The number of fused-ring (bicyclic) bond motifs is 1. The molecule has 4 aromatic rings. The van der Waals surface area contributed by atoms with Crippen molar-refractivity contribution >= 4 is 44.6 Å². The molecule has 3 aromatic heterocycles. The van der Waals surface area contributed by atoms with Gasteiger partial charge in [-0.15, -0.1) is 11.3 Å². The van der Waals surface area contributed by atoms with Crippen LogP contribution in [0.4, 0.5) is 21.6 Å². The van der Waals surface area contributed by atoms with E-state index in [0.717, 1.165) is 11.3 Å². The van der Waals surface area contributed by atoms with Crippen molar-refractivity contribution in [2.45, 2.75) is 0 Å². The number of benzene rings is 1. The average Bonchev–Trinajstić information content (AvgIpc) is 3.21. The normalized spacial score (nSPS) is 11.7. The van der Waals surface area contributed by atoms with Crippen molar-refractivity contribution in [2.24, 2.45) is 12.0 Å². The van der Waals surface area contributed by atoms with Gasteiger partial charge in [-0.3, -0.25) is 9.52 Å². The number of nitrogens with two attached hydrogens (primary N) is 2. The molecule has 0 unspecified atom stereocenters. The zero-order valence-electron chi connectivity index (χ0n) is 15.3. The first kappa shape index (κ1) is 19.1. The Hall–Kier alpha value is -4.24. The average molecular weight is 425 g/mol. The van der Waals surface area contributed by atoms with E-state index in [-0.39, 0.29) is 49.1 Å². The summed E-state index contributed by atoms with van der Waals surface area (Å²) in [5.74, 6) is -1.61. The predicted molar refractivity (Wildman–Crippen MR) is 105 cm³/mol. The highest BCUT2D eigenvalue weighted by atomic mass is 32.1. The van der Waals surface area contributed by atoms with Gasteiger partial charge in [0, 0.05) is 5.90 Å². The molecule has 12 heteroatoms.